The van der Waals surface area contributed by atoms with Crippen LogP contribution < -0.4 is 10.6 Å². The number of nitrogens with one attached hydrogen (secondary N) is 2. The fourth-order valence-corrected chi connectivity index (χ4v) is 1.22. The lowest BCUT2D eigenvalue weighted by Gasteiger charge is -2.24. The summed E-state index contributed by atoms with van der Waals surface area (Å²) in [5.74, 6) is 1.94. The Morgan fingerprint density at radius 2 is 1.89 bits per heavy atom. The molecule has 0 fully saturated rings. The lowest BCUT2D eigenvalue weighted by atomic mass is 10.0. The molecular formula is C13H22N2O3. The minimum absolute atomic E-state index is 0.0599. The average Bonchev–Trinajstić information content (AvgIpc) is 2.19. The van der Waals surface area contributed by atoms with Gasteiger partial charge in [-0.15, -0.1) is 6.42 Å². The molecule has 2 amide bonds. The number of amides is 2. The van der Waals surface area contributed by atoms with Crippen LogP contribution in [0, 0.1) is 18.3 Å². The van der Waals surface area contributed by atoms with Crippen molar-refractivity contribution in [1.82, 2.24) is 10.6 Å². The van der Waals surface area contributed by atoms with E-state index in [1.807, 2.05) is 13.8 Å². The molecule has 1 atom stereocenters. The quantitative estimate of drug-likeness (QED) is 0.743. The molecule has 0 spiro atoms. The van der Waals surface area contributed by atoms with E-state index in [9.17, 15) is 9.59 Å². The molecule has 5 nitrogen and oxygen atoms in total. The molecule has 0 aromatic heterocycles. The third-order valence-corrected chi connectivity index (χ3v) is 1.99. The van der Waals surface area contributed by atoms with Crippen LogP contribution in [0.3, 0.4) is 0 Å². The maximum absolute atomic E-state index is 11.8. The first-order valence-electron chi connectivity index (χ1n) is 5.88. The fraction of sp³-hybridized carbons (Fsp3) is 0.692. The van der Waals surface area contributed by atoms with Crippen LogP contribution in [0.5, 0.6) is 0 Å². The summed E-state index contributed by atoms with van der Waals surface area (Å²) in [5.41, 5.74) is -0.596. The van der Waals surface area contributed by atoms with E-state index in [0.717, 1.165) is 0 Å². The van der Waals surface area contributed by atoms with Crippen LogP contribution in [0.25, 0.3) is 0 Å². The van der Waals surface area contributed by atoms with Crippen molar-refractivity contribution in [3.63, 3.8) is 0 Å². The summed E-state index contributed by atoms with van der Waals surface area (Å²) in [6, 6.07) is -0.659. The number of ether oxygens (including phenoxy) is 1. The van der Waals surface area contributed by atoms with Gasteiger partial charge in [-0.1, -0.05) is 19.8 Å². The van der Waals surface area contributed by atoms with Crippen molar-refractivity contribution >= 4 is 12.0 Å². The summed E-state index contributed by atoms with van der Waals surface area (Å²) in [6.45, 7) is 9.08. The third-order valence-electron chi connectivity index (χ3n) is 1.99. The second-order valence-corrected chi connectivity index (χ2v) is 5.29. The first-order chi connectivity index (χ1) is 8.17. The molecule has 0 radical (unpaired) electrons. The maximum atomic E-state index is 11.8. The van der Waals surface area contributed by atoms with Gasteiger partial charge in [0, 0.05) is 0 Å². The summed E-state index contributed by atoms with van der Waals surface area (Å²) in [4.78, 5) is 23.4. The molecule has 0 saturated heterocycles. The lowest BCUT2D eigenvalue weighted by molar-refractivity contribution is -0.123. The van der Waals surface area contributed by atoms with Crippen molar-refractivity contribution in [1.29, 1.82) is 0 Å². The zero-order valence-electron chi connectivity index (χ0n) is 11.7. The van der Waals surface area contributed by atoms with Crippen LogP contribution in [0.1, 0.15) is 34.6 Å². The molecule has 18 heavy (non-hydrogen) atoms. The van der Waals surface area contributed by atoms with Crippen LogP contribution in [0.15, 0.2) is 0 Å². The summed E-state index contributed by atoms with van der Waals surface area (Å²) in [5, 5.41) is 5.08. The summed E-state index contributed by atoms with van der Waals surface area (Å²) >= 11 is 0. The molecule has 0 aliphatic rings. The molecule has 0 aliphatic carbocycles. The standard InChI is InChI=1S/C13H22N2O3/c1-7-8-14-11(16)10(9(2)3)15-12(17)18-13(4,5)6/h1,9-10H,8H2,2-6H3,(H,14,16)(H,15,17). The Morgan fingerprint density at radius 1 is 1.33 bits per heavy atom. The zero-order chi connectivity index (χ0) is 14.3. The Balaban J connectivity index is 4.50. The van der Waals surface area contributed by atoms with Gasteiger partial charge in [0.15, 0.2) is 0 Å². The van der Waals surface area contributed by atoms with Gasteiger partial charge in [0.05, 0.1) is 6.54 Å². The van der Waals surface area contributed by atoms with Crippen molar-refractivity contribution in [2.24, 2.45) is 5.92 Å². The lowest BCUT2D eigenvalue weighted by Crippen LogP contribution is -2.50. The number of rotatable bonds is 4. The van der Waals surface area contributed by atoms with E-state index in [1.54, 1.807) is 20.8 Å². The van der Waals surface area contributed by atoms with E-state index in [4.69, 9.17) is 11.2 Å². The van der Waals surface area contributed by atoms with Gasteiger partial charge in [-0.05, 0) is 26.7 Å². The molecule has 0 bridgehead atoms. The topological polar surface area (TPSA) is 67.4 Å². The smallest absolute Gasteiger partial charge is 0.408 e. The second kappa shape index (κ2) is 6.90. The SMILES string of the molecule is C#CCNC(=O)C(NC(=O)OC(C)(C)C)C(C)C. The molecular weight excluding hydrogens is 232 g/mol. The predicted molar refractivity (Wildman–Crippen MR) is 69.8 cm³/mol. The van der Waals surface area contributed by atoms with Gasteiger partial charge >= 0.3 is 6.09 Å². The number of hydrogen-bond donors (Lipinski definition) is 2. The van der Waals surface area contributed by atoms with Crippen molar-refractivity contribution < 1.29 is 14.3 Å². The number of carbonyl (C=O) groups excluding carboxylic acids is 2. The fourth-order valence-electron chi connectivity index (χ4n) is 1.22. The van der Waals surface area contributed by atoms with Crippen LogP contribution >= 0.6 is 0 Å². The first-order valence-corrected chi connectivity index (χ1v) is 5.88. The van der Waals surface area contributed by atoms with Crippen LogP contribution in [-0.2, 0) is 9.53 Å². The van der Waals surface area contributed by atoms with Crippen LogP contribution in [0.2, 0.25) is 0 Å². The Labute approximate surface area is 109 Å². The maximum Gasteiger partial charge on any atom is 0.408 e. The van der Waals surface area contributed by atoms with Crippen LogP contribution in [-0.4, -0.2) is 30.2 Å². The Bertz CT molecular complexity index is 337. The van der Waals surface area contributed by atoms with E-state index in [1.165, 1.54) is 0 Å². The van der Waals surface area contributed by atoms with Crippen molar-refractivity contribution in [2.45, 2.75) is 46.3 Å². The van der Waals surface area contributed by atoms with Crippen molar-refractivity contribution in [3.8, 4) is 12.3 Å². The van der Waals surface area contributed by atoms with Gasteiger partial charge < -0.3 is 15.4 Å². The first kappa shape index (κ1) is 16.3. The Kier molecular flexibility index (Phi) is 6.24. The van der Waals surface area contributed by atoms with Crippen molar-refractivity contribution in [3.05, 3.63) is 0 Å². The molecule has 0 aromatic carbocycles. The molecule has 0 rings (SSSR count). The molecule has 0 saturated carbocycles. The molecule has 0 aliphatic heterocycles. The van der Waals surface area contributed by atoms with Gasteiger partial charge in [0.2, 0.25) is 5.91 Å². The molecule has 0 aromatic rings. The normalized spacial score (nSPS) is 12.5. The number of carbonyl (C=O) groups is 2. The molecule has 1 unspecified atom stereocenters. The van der Waals surface area contributed by atoms with Crippen molar-refractivity contribution in [2.75, 3.05) is 6.54 Å². The molecule has 0 heterocycles. The van der Waals surface area contributed by atoms with Gasteiger partial charge in [-0.3, -0.25) is 4.79 Å². The zero-order valence-corrected chi connectivity index (χ0v) is 11.7. The Hall–Kier alpha value is -1.70. The minimum atomic E-state index is -0.659. The highest BCUT2D eigenvalue weighted by atomic mass is 16.6. The van der Waals surface area contributed by atoms with Crippen LogP contribution in [0.4, 0.5) is 4.79 Å². The van der Waals surface area contributed by atoms with E-state index >= 15 is 0 Å². The largest absolute Gasteiger partial charge is 0.444 e. The van der Waals surface area contributed by atoms with E-state index < -0.39 is 17.7 Å². The van der Waals surface area contributed by atoms with Gasteiger partial charge in [-0.2, -0.15) is 0 Å². The van der Waals surface area contributed by atoms with E-state index in [0.29, 0.717) is 0 Å². The minimum Gasteiger partial charge on any atom is -0.444 e. The van der Waals surface area contributed by atoms with Gasteiger partial charge in [-0.25, -0.2) is 4.79 Å². The van der Waals surface area contributed by atoms with Gasteiger partial charge in [0.1, 0.15) is 11.6 Å². The predicted octanol–water partition coefficient (Wildman–Crippen LogP) is 1.29. The summed E-state index contributed by atoms with van der Waals surface area (Å²) in [7, 11) is 0. The number of terminal acetylenes is 1. The van der Waals surface area contributed by atoms with E-state index in [-0.39, 0.29) is 18.4 Å². The highest BCUT2D eigenvalue weighted by Crippen LogP contribution is 2.08. The van der Waals surface area contributed by atoms with Gasteiger partial charge in [0.25, 0.3) is 0 Å². The summed E-state index contributed by atoms with van der Waals surface area (Å²) in [6.07, 6.45) is 4.45. The number of hydrogen-bond acceptors (Lipinski definition) is 3. The third kappa shape index (κ3) is 6.79. The Morgan fingerprint density at radius 3 is 2.28 bits per heavy atom. The monoisotopic (exact) mass is 254 g/mol. The highest BCUT2D eigenvalue weighted by Gasteiger charge is 2.26. The molecule has 102 valence electrons. The molecule has 5 heteroatoms. The highest BCUT2D eigenvalue weighted by molar-refractivity contribution is 5.86. The summed E-state index contributed by atoms with van der Waals surface area (Å²) < 4.78 is 5.10. The number of alkyl carbamates (subject to hydrolysis) is 1. The second-order valence-electron chi connectivity index (χ2n) is 5.29. The molecule has 2 N–H and O–H groups in total. The average molecular weight is 254 g/mol. The van der Waals surface area contributed by atoms with E-state index in [2.05, 4.69) is 16.6 Å².